The van der Waals surface area contributed by atoms with Crippen molar-refractivity contribution in [3.63, 3.8) is 0 Å². The molecule has 1 heterocycles. The number of hydrogen-bond acceptors (Lipinski definition) is 3. The minimum absolute atomic E-state index is 0.173. The number of rotatable bonds is 4. The van der Waals surface area contributed by atoms with Gasteiger partial charge in [0.25, 0.3) is 0 Å². The second-order valence-electron chi connectivity index (χ2n) is 5.04. The number of nitrogens with two attached hydrogens (primary N) is 1. The summed E-state index contributed by atoms with van der Waals surface area (Å²) < 4.78 is 0. The van der Waals surface area contributed by atoms with Crippen molar-refractivity contribution in [2.45, 2.75) is 19.4 Å². The number of likely N-dealkylation sites (N-methyl/N-ethyl adjacent to an activating group) is 1. The van der Waals surface area contributed by atoms with E-state index < -0.39 is 0 Å². The monoisotopic (exact) mass is 261 g/mol. The summed E-state index contributed by atoms with van der Waals surface area (Å²) in [5.41, 5.74) is 7.13. The van der Waals surface area contributed by atoms with E-state index in [2.05, 4.69) is 11.8 Å². The molecule has 1 aromatic carbocycles. The third-order valence-corrected chi connectivity index (χ3v) is 3.79. The molecule has 0 spiro atoms. The maximum Gasteiger partial charge on any atom is 0.224 e. The Morgan fingerprint density at radius 1 is 1.21 bits per heavy atom. The smallest absolute Gasteiger partial charge is 0.224 e. The minimum Gasteiger partial charge on any atom is -0.340 e. The van der Waals surface area contributed by atoms with Crippen LogP contribution in [0, 0.1) is 0 Å². The highest BCUT2D eigenvalue weighted by molar-refractivity contribution is 5.77. The summed E-state index contributed by atoms with van der Waals surface area (Å²) in [6, 6.07) is 9.64. The van der Waals surface area contributed by atoms with Crippen LogP contribution in [0.1, 0.15) is 24.9 Å². The Balaban J connectivity index is 1.84. The second-order valence-corrected chi connectivity index (χ2v) is 5.04. The third-order valence-electron chi connectivity index (χ3n) is 3.79. The number of carbonyl (C=O) groups excluding carboxylic acids is 1. The topological polar surface area (TPSA) is 49.6 Å². The molecule has 2 rings (SSSR count). The lowest BCUT2D eigenvalue weighted by atomic mass is 10.0. The number of piperazine rings is 1. The highest BCUT2D eigenvalue weighted by Crippen LogP contribution is 2.15. The Hall–Kier alpha value is -1.39. The van der Waals surface area contributed by atoms with Crippen LogP contribution in [0.2, 0.25) is 0 Å². The molecule has 104 valence electrons. The fourth-order valence-corrected chi connectivity index (χ4v) is 2.45. The summed E-state index contributed by atoms with van der Waals surface area (Å²) in [6.45, 7) is 6.82. The van der Waals surface area contributed by atoms with Gasteiger partial charge >= 0.3 is 0 Å². The first kappa shape index (κ1) is 14.0. The Morgan fingerprint density at radius 3 is 2.42 bits per heavy atom. The van der Waals surface area contributed by atoms with Crippen LogP contribution < -0.4 is 5.73 Å². The summed E-state index contributed by atoms with van der Waals surface area (Å²) >= 11 is 0. The molecule has 4 heteroatoms. The molecule has 1 amide bonds. The standard InChI is InChI=1S/C15H23N3O/c1-2-17-8-10-18(11-9-17)15(19)12-14(16)13-6-4-3-5-7-13/h3-7,14H,2,8-12,16H2,1H3. The van der Waals surface area contributed by atoms with E-state index in [0.29, 0.717) is 6.42 Å². The molecule has 0 saturated carbocycles. The molecule has 0 aliphatic carbocycles. The van der Waals surface area contributed by atoms with Gasteiger partial charge in [-0.25, -0.2) is 0 Å². The molecule has 2 N–H and O–H groups in total. The predicted octanol–water partition coefficient (Wildman–Crippen LogP) is 1.24. The van der Waals surface area contributed by atoms with Gasteiger partial charge in [0.1, 0.15) is 0 Å². The average Bonchev–Trinajstić information content (AvgIpc) is 2.48. The number of benzene rings is 1. The van der Waals surface area contributed by atoms with E-state index in [1.54, 1.807) is 0 Å². The molecular weight excluding hydrogens is 238 g/mol. The maximum absolute atomic E-state index is 12.2. The van der Waals surface area contributed by atoms with Crippen molar-refractivity contribution in [2.24, 2.45) is 5.73 Å². The largest absolute Gasteiger partial charge is 0.340 e. The number of nitrogens with zero attached hydrogens (tertiary/aromatic N) is 2. The molecule has 0 radical (unpaired) electrons. The molecule has 1 unspecified atom stereocenters. The van der Waals surface area contributed by atoms with Crippen LogP contribution in [0.3, 0.4) is 0 Å². The first-order chi connectivity index (χ1) is 9.20. The number of amides is 1. The Bertz CT molecular complexity index is 399. The average molecular weight is 261 g/mol. The lowest BCUT2D eigenvalue weighted by Gasteiger charge is -2.34. The van der Waals surface area contributed by atoms with Crippen LogP contribution in [0.4, 0.5) is 0 Å². The highest BCUT2D eigenvalue weighted by Gasteiger charge is 2.22. The fraction of sp³-hybridized carbons (Fsp3) is 0.533. The molecule has 0 aromatic heterocycles. The molecule has 19 heavy (non-hydrogen) atoms. The van der Waals surface area contributed by atoms with E-state index in [1.807, 2.05) is 35.2 Å². The van der Waals surface area contributed by atoms with Crippen molar-refractivity contribution in [2.75, 3.05) is 32.7 Å². The summed E-state index contributed by atoms with van der Waals surface area (Å²) in [5, 5.41) is 0. The van der Waals surface area contributed by atoms with Gasteiger partial charge in [-0.3, -0.25) is 4.79 Å². The van der Waals surface area contributed by atoms with Crippen molar-refractivity contribution in [3.8, 4) is 0 Å². The zero-order chi connectivity index (χ0) is 13.7. The summed E-state index contributed by atoms with van der Waals surface area (Å²) in [5.74, 6) is 0.173. The Kier molecular flexibility index (Phi) is 4.93. The fourth-order valence-electron chi connectivity index (χ4n) is 2.45. The van der Waals surface area contributed by atoms with Crippen molar-refractivity contribution in [3.05, 3.63) is 35.9 Å². The van der Waals surface area contributed by atoms with Crippen molar-refractivity contribution in [1.29, 1.82) is 0 Å². The van der Waals surface area contributed by atoms with Crippen molar-refractivity contribution < 1.29 is 4.79 Å². The maximum atomic E-state index is 12.2. The molecule has 1 saturated heterocycles. The Labute approximate surface area is 115 Å². The normalized spacial score (nSPS) is 18.3. The van der Waals surface area contributed by atoms with E-state index in [-0.39, 0.29) is 11.9 Å². The second kappa shape index (κ2) is 6.68. The number of carbonyl (C=O) groups is 1. The molecule has 1 fully saturated rings. The number of hydrogen-bond donors (Lipinski definition) is 1. The summed E-state index contributed by atoms with van der Waals surface area (Å²) in [6.07, 6.45) is 0.399. The van der Waals surface area contributed by atoms with Gasteiger partial charge in [-0.1, -0.05) is 37.3 Å². The zero-order valence-corrected chi connectivity index (χ0v) is 11.6. The molecule has 1 aliphatic rings. The van der Waals surface area contributed by atoms with Crippen LogP contribution in [0.5, 0.6) is 0 Å². The quantitative estimate of drug-likeness (QED) is 0.887. The molecule has 4 nitrogen and oxygen atoms in total. The van der Waals surface area contributed by atoms with Gasteiger partial charge in [-0.2, -0.15) is 0 Å². The van der Waals surface area contributed by atoms with Crippen molar-refractivity contribution in [1.82, 2.24) is 9.80 Å². The van der Waals surface area contributed by atoms with Gasteiger partial charge in [0.05, 0.1) is 0 Å². The minimum atomic E-state index is -0.196. The molecule has 1 atom stereocenters. The lowest BCUT2D eigenvalue weighted by Crippen LogP contribution is -2.48. The zero-order valence-electron chi connectivity index (χ0n) is 11.6. The SMILES string of the molecule is CCN1CCN(C(=O)CC(N)c2ccccc2)CC1. The van der Waals surface area contributed by atoms with Gasteiger partial charge in [-0.05, 0) is 12.1 Å². The van der Waals surface area contributed by atoms with Crippen LogP contribution >= 0.6 is 0 Å². The van der Waals surface area contributed by atoms with Gasteiger partial charge < -0.3 is 15.5 Å². The molecule has 0 bridgehead atoms. The first-order valence-electron chi connectivity index (χ1n) is 7.01. The summed E-state index contributed by atoms with van der Waals surface area (Å²) in [4.78, 5) is 16.5. The van der Waals surface area contributed by atoms with Crippen LogP contribution in [-0.4, -0.2) is 48.4 Å². The highest BCUT2D eigenvalue weighted by atomic mass is 16.2. The summed E-state index contributed by atoms with van der Waals surface area (Å²) in [7, 11) is 0. The molecule has 1 aliphatic heterocycles. The van der Waals surface area contributed by atoms with E-state index in [0.717, 1.165) is 38.3 Å². The van der Waals surface area contributed by atoms with Gasteiger partial charge in [0, 0.05) is 38.6 Å². The van der Waals surface area contributed by atoms with Crippen molar-refractivity contribution >= 4 is 5.91 Å². The Morgan fingerprint density at radius 2 is 1.84 bits per heavy atom. The lowest BCUT2D eigenvalue weighted by molar-refractivity contribution is -0.133. The predicted molar refractivity (Wildman–Crippen MR) is 76.7 cm³/mol. The molecule has 1 aromatic rings. The van der Waals surface area contributed by atoms with Crippen LogP contribution in [-0.2, 0) is 4.79 Å². The van der Waals surface area contributed by atoms with Crippen LogP contribution in [0.25, 0.3) is 0 Å². The van der Waals surface area contributed by atoms with E-state index in [1.165, 1.54) is 0 Å². The molecular formula is C15H23N3O. The van der Waals surface area contributed by atoms with Crippen LogP contribution in [0.15, 0.2) is 30.3 Å². The van der Waals surface area contributed by atoms with Gasteiger partial charge in [-0.15, -0.1) is 0 Å². The van der Waals surface area contributed by atoms with E-state index in [4.69, 9.17) is 5.73 Å². The van der Waals surface area contributed by atoms with E-state index in [9.17, 15) is 4.79 Å². The third kappa shape index (κ3) is 3.78. The first-order valence-corrected chi connectivity index (χ1v) is 7.01. The van der Waals surface area contributed by atoms with Gasteiger partial charge in [0.2, 0.25) is 5.91 Å². The van der Waals surface area contributed by atoms with Gasteiger partial charge in [0.15, 0.2) is 0 Å². The van der Waals surface area contributed by atoms with E-state index >= 15 is 0 Å².